The van der Waals surface area contributed by atoms with Crippen LogP contribution in [0.3, 0.4) is 0 Å². The summed E-state index contributed by atoms with van der Waals surface area (Å²) in [5.41, 5.74) is 1.50. The minimum Gasteiger partial charge on any atom is -0.480 e. The van der Waals surface area contributed by atoms with E-state index in [0.29, 0.717) is 5.56 Å². The molecule has 0 aliphatic heterocycles. The first-order valence-electron chi connectivity index (χ1n) is 6.23. The van der Waals surface area contributed by atoms with Crippen LogP contribution < -0.4 is 0 Å². The summed E-state index contributed by atoms with van der Waals surface area (Å²) in [5.74, 6) is -1.17. The Morgan fingerprint density at radius 1 is 1.37 bits per heavy atom. The number of aliphatic carboxylic acids is 1. The molecular formula is C14H16BrNO3. The van der Waals surface area contributed by atoms with Crippen molar-refractivity contribution < 1.29 is 14.7 Å². The van der Waals surface area contributed by atoms with Gasteiger partial charge in [0.15, 0.2) is 0 Å². The van der Waals surface area contributed by atoms with Gasteiger partial charge < -0.3 is 10.0 Å². The van der Waals surface area contributed by atoms with Gasteiger partial charge in [0.1, 0.15) is 6.04 Å². The van der Waals surface area contributed by atoms with Gasteiger partial charge in [0.05, 0.1) is 0 Å². The third-order valence-corrected chi connectivity index (χ3v) is 3.70. The molecule has 4 nitrogen and oxygen atoms in total. The molecule has 1 amide bonds. The molecule has 1 aromatic rings. The molecule has 1 aliphatic rings. The lowest BCUT2D eigenvalue weighted by molar-refractivity contribution is -0.141. The number of amides is 1. The largest absolute Gasteiger partial charge is 0.480 e. The summed E-state index contributed by atoms with van der Waals surface area (Å²) < 4.78 is 0.828. The second-order valence-electron chi connectivity index (χ2n) is 4.98. The molecular weight excluding hydrogens is 310 g/mol. The second kappa shape index (κ2) is 5.33. The molecule has 1 aromatic carbocycles. The summed E-state index contributed by atoms with van der Waals surface area (Å²) >= 11 is 3.36. The number of rotatable bonds is 4. The fraction of sp³-hybridized carbons (Fsp3) is 0.429. The first kappa shape index (κ1) is 14.1. The van der Waals surface area contributed by atoms with Gasteiger partial charge in [0.2, 0.25) is 0 Å². The Morgan fingerprint density at radius 2 is 2.00 bits per heavy atom. The molecule has 1 aliphatic carbocycles. The summed E-state index contributed by atoms with van der Waals surface area (Å²) in [5, 5.41) is 9.13. The minimum absolute atomic E-state index is 0.0675. The summed E-state index contributed by atoms with van der Waals surface area (Å²) in [7, 11) is 0. The average molecular weight is 326 g/mol. The van der Waals surface area contributed by atoms with Crippen molar-refractivity contribution >= 4 is 27.8 Å². The topological polar surface area (TPSA) is 57.6 Å². The zero-order valence-corrected chi connectivity index (χ0v) is 12.5. The molecule has 5 heteroatoms. The maximum atomic E-state index is 12.5. The first-order chi connectivity index (χ1) is 8.90. The molecule has 1 unspecified atom stereocenters. The van der Waals surface area contributed by atoms with Crippen LogP contribution in [-0.2, 0) is 4.79 Å². The molecule has 0 radical (unpaired) electrons. The Morgan fingerprint density at radius 3 is 2.47 bits per heavy atom. The third kappa shape index (κ3) is 3.15. The van der Waals surface area contributed by atoms with Crippen molar-refractivity contribution in [1.82, 2.24) is 4.90 Å². The van der Waals surface area contributed by atoms with E-state index in [2.05, 4.69) is 15.9 Å². The van der Waals surface area contributed by atoms with Crippen molar-refractivity contribution in [3.63, 3.8) is 0 Å². The fourth-order valence-corrected chi connectivity index (χ4v) is 2.75. The Bertz CT molecular complexity index is 505. The van der Waals surface area contributed by atoms with E-state index < -0.39 is 12.0 Å². The lowest BCUT2D eigenvalue weighted by Crippen LogP contribution is -2.44. The SMILES string of the molecule is Cc1cc(Br)cc(C(=O)N(C2CC2)C(C)C(=O)O)c1. The van der Waals surface area contributed by atoms with Gasteiger partial charge in [-0.2, -0.15) is 0 Å². The number of nitrogens with zero attached hydrogens (tertiary/aromatic N) is 1. The van der Waals surface area contributed by atoms with Crippen LogP contribution in [0.1, 0.15) is 35.7 Å². The number of carbonyl (C=O) groups excluding carboxylic acids is 1. The Hall–Kier alpha value is -1.36. The van der Waals surface area contributed by atoms with E-state index in [1.54, 1.807) is 19.1 Å². The molecule has 0 spiro atoms. The normalized spacial score (nSPS) is 15.9. The van der Waals surface area contributed by atoms with Crippen LogP contribution in [0.15, 0.2) is 22.7 Å². The Labute approximate surface area is 120 Å². The highest BCUT2D eigenvalue weighted by molar-refractivity contribution is 9.10. The third-order valence-electron chi connectivity index (χ3n) is 3.24. The van der Waals surface area contributed by atoms with Gasteiger partial charge in [-0.15, -0.1) is 0 Å². The number of hydrogen-bond donors (Lipinski definition) is 1. The molecule has 0 heterocycles. The summed E-state index contributed by atoms with van der Waals surface area (Å²) in [6.07, 6.45) is 1.77. The maximum Gasteiger partial charge on any atom is 0.326 e. The smallest absolute Gasteiger partial charge is 0.326 e. The lowest BCUT2D eigenvalue weighted by atomic mass is 10.1. The average Bonchev–Trinajstić information content (AvgIpc) is 3.12. The van der Waals surface area contributed by atoms with Crippen molar-refractivity contribution in [2.24, 2.45) is 0 Å². The molecule has 2 rings (SSSR count). The molecule has 0 saturated heterocycles. The standard InChI is InChI=1S/C14H16BrNO3/c1-8-5-10(7-11(15)6-8)13(17)16(12-3-4-12)9(2)14(18)19/h5-7,9,12H,3-4H2,1-2H3,(H,18,19). The number of benzene rings is 1. The van der Waals surface area contributed by atoms with Crippen LogP contribution >= 0.6 is 15.9 Å². The molecule has 1 saturated carbocycles. The van der Waals surface area contributed by atoms with E-state index in [0.717, 1.165) is 22.9 Å². The van der Waals surface area contributed by atoms with E-state index in [9.17, 15) is 9.59 Å². The van der Waals surface area contributed by atoms with Crippen LogP contribution in [0.25, 0.3) is 0 Å². The number of carboxylic acids is 1. The van der Waals surface area contributed by atoms with Gasteiger partial charge in [-0.1, -0.05) is 15.9 Å². The van der Waals surface area contributed by atoms with Crippen molar-refractivity contribution in [2.75, 3.05) is 0 Å². The van der Waals surface area contributed by atoms with Crippen molar-refractivity contribution in [1.29, 1.82) is 0 Å². The zero-order chi connectivity index (χ0) is 14.2. The molecule has 1 N–H and O–H groups in total. The van der Waals surface area contributed by atoms with Crippen LogP contribution in [0.2, 0.25) is 0 Å². The van der Waals surface area contributed by atoms with E-state index >= 15 is 0 Å². The highest BCUT2D eigenvalue weighted by Gasteiger charge is 2.38. The van der Waals surface area contributed by atoms with Gasteiger partial charge >= 0.3 is 5.97 Å². The first-order valence-corrected chi connectivity index (χ1v) is 7.02. The number of carbonyl (C=O) groups is 2. The molecule has 0 bridgehead atoms. The van der Waals surface area contributed by atoms with E-state index in [-0.39, 0.29) is 11.9 Å². The van der Waals surface area contributed by atoms with Gasteiger partial charge in [-0.05, 0) is 50.5 Å². The quantitative estimate of drug-likeness (QED) is 0.926. The van der Waals surface area contributed by atoms with Crippen molar-refractivity contribution in [2.45, 2.75) is 38.8 Å². The molecule has 0 aromatic heterocycles. The van der Waals surface area contributed by atoms with Crippen molar-refractivity contribution in [3.8, 4) is 0 Å². The lowest BCUT2D eigenvalue weighted by Gasteiger charge is -2.26. The fourth-order valence-electron chi connectivity index (χ4n) is 2.14. The second-order valence-corrected chi connectivity index (χ2v) is 5.89. The molecule has 102 valence electrons. The van der Waals surface area contributed by atoms with E-state index in [1.807, 2.05) is 13.0 Å². The summed E-state index contributed by atoms with van der Waals surface area (Å²) in [6, 6.07) is 4.71. The Balaban J connectivity index is 2.31. The van der Waals surface area contributed by atoms with E-state index in [4.69, 9.17) is 5.11 Å². The number of aryl methyl sites for hydroxylation is 1. The van der Waals surface area contributed by atoms with Crippen LogP contribution in [0, 0.1) is 6.92 Å². The van der Waals surface area contributed by atoms with E-state index in [1.165, 1.54) is 4.90 Å². The zero-order valence-electron chi connectivity index (χ0n) is 10.9. The van der Waals surface area contributed by atoms with Gasteiger partial charge in [0.25, 0.3) is 5.91 Å². The predicted octanol–water partition coefficient (Wildman–Crippen LogP) is 2.84. The van der Waals surface area contributed by atoms with Gasteiger partial charge in [-0.3, -0.25) is 4.79 Å². The molecule has 1 fully saturated rings. The minimum atomic E-state index is -0.966. The Kier molecular flexibility index (Phi) is 3.94. The van der Waals surface area contributed by atoms with Crippen LogP contribution in [0.5, 0.6) is 0 Å². The highest BCUT2D eigenvalue weighted by Crippen LogP contribution is 2.31. The number of halogens is 1. The molecule has 19 heavy (non-hydrogen) atoms. The monoisotopic (exact) mass is 325 g/mol. The van der Waals surface area contributed by atoms with Crippen LogP contribution in [-0.4, -0.2) is 34.0 Å². The predicted molar refractivity (Wildman–Crippen MR) is 75.2 cm³/mol. The number of carboxylic acid groups (broad SMARTS) is 1. The van der Waals surface area contributed by atoms with Gasteiger partial charge in [-0.25, -0.2) is 4.79 Å². The number of hydrogen-bond acceptors (Lipinski definition) is 2. The maximum absolute atomic E-state index is 12.5. The highest BCUT2D eigenvalue weighted by atomic mass is 79.9. The van der Waals surface area contributed by atoms with Crippen LogP contribution in [0.4, 0.5) is 0 Å². The van der Waals surface area contributed by atoms with Crippen molar-refractivity contribution in [3.05, 3.63) is 33.8 Å². The summed E-state index contributed by atoms with van der Waals surface area (Å²) in [4.78, 5) is 25.1. The molecule has 1 atom stereocenters. The summed E-state index contributed by atoms with van der Waals surface area (Å²) in [6.45, 7) is 3.47. The van der Waals surface area contributed by atoms with Gasteiger partial charge in [0, 0.05) is 16.1 Å².